The van der Waals surface area contributed by atoms with Gasteiger partial charge in [-0.3, -0.25) is 4.79 Å². The van der Waals surface area contributed by atoms with Crippen LogP contribution in [-0.4, -0.2) is 17.4 Å². The Balaban J connectivity index is 1.69. The molecular formula is C21H16Cl2N2O2. The van der Waals surface area contributed by atoms with Crippen LogP contribution in [0.2, 0.25) is 10.0 Å². The van der Waals surface area contributed by atoms with Gasteiger partial charge in [-0.15, -0.1) is 0 Å². The van der Waals surface area contributed by atoms with E-state index in [0.717, 1.165) is 18.5 Å². The van der Waals surface area contributed by atoms with Crippen LogP contribution in [0.25, 0.3) is 0 Å². The molecule has 4 rings (SSSR count). The zero-order valence-corrected chi connectivity index (χ0v) is 15.9. The van der Waals surface area contributed by atoms with Crippen molar-refractivity contribution in [3.63, 3.8) is 0 Å². The Bertz CT molecular complexity index is 1010. The third kappa shape index (κ3) is 3.51. The number of para-hydroxylation sites is 1. The van der Waals surface area contributed by atoms with Gasteiger partial charge in [0.25, 0.3) is 5.91 Å². The van der Waals surface area contributed by atoms with Crippen molar-refractivity contribution in [2.24, 2.45) is 0 Å². The first-order chi connectivity index (χ1) is 13.1. The molecule has 0 aliphatic carbocycles. The molecule has 27 heavy (non-hydrogen) atoms. The minimum absolute atomic E-state index is 0.150. The second-order valence-electron chi connectivity index (χ2n) is 6.20. The lowest BCUT2D eigenvalue weighted by Crippen LogP contribution is -2.35. The highest BCUT2D eigenvalue weighted by Gasteiger charge is 2.26. The van der Waals surface area contributed by atoms with Crippen LogP contribution in [0.5, 0.6) is 11.6 Å². The predicted octanol–water partition coefficient (Wildman–Crippen LogP) is 5.77. The molecule has 0 unspecified atom stereocenters. The van der Waals surface area contributed by atoms with Crippen LogP contribution in [0.15, 0.2) is 60.8 Å². The van der Waals surface area contributed by atoms with Crippen LogP contribution < -0.4 is 9.64 Å². The smallest absolute Gasteiger partial charge is 0.263 e. The van der Waals surface area contributed by atoms with Gasteiger partial charge in [0.05, 0.1) is 5.02 Å². The van der Waals surface area contributed by atoms with E-state index < -0.39 is 0 Å². The van der Waals surface area contributed by atoms with Gasteiger partial charge >= 0.3 is 0 Å². The van der Waals surface area contributed by atoms with Gasteiger partial charge in [0, 0.05) is 18.4 Å². The van der Waals surface area contributed by atoms with Crippen LogP contribution in [-0.2, 0) is 6.42 Å². The number of pyridine rings is 1. The number of aryl methyl sites for hydroxylation is 1. The summed E-state index contributed by atoms with van der Waals surface area (Å²) in [6, 6.07) is 16.5. The summed E-state index contributed by atoms with van der Waals surface area (Å²) in [4.78, 5) is 19.3. The van der Waals surface area contributed by atoms with Gasteiger partial charge in [-0.25, -0.2) is 4.98 Å². The van der Waals surface area contributed by atoms with Crippen molar-refractivity contribution in [1.29, 1.82) is 0 Å². The molecule has 6 heteroatoms. The van der Waals surface area contributed by atoms with Crippen molar-refractivity contribution in [3.05, 3.63) is 82.0 Å². The molecule has 136 valence electrons. The average molecular weight is 399 g/mol. The number of halogens is 2. The number of carbonyl (C=O) groups excluding carboxylic acids is 1. The molecule has 2 heterocycles. The zero-order chi connectivity index (χ0) is 18.8. The lowest BCUT2D eigenvalue weighted by atomic mass is 10.0. The molecule has 1 aromatic heterocycles. The maximum Gasteiger partial charge on any atom is 0.263 e. The summed E-state index contributed by atoms with van der Waals surface area (Å²) in [5, 5.41) is 0.662. The number of fused-ring (bicyclic) bond motifs is 1. The normalized spacial score (nSPS) is 13.2. The number of aromatic nitrogens is 1. The average Bonchev–Trinajstić information content (AvgIpc) is 2.71. The van der Waals surface area contributed by atoms with Gasteiger partial charge in [-0.2, -0.15) is 0 Å². The number of nitrogens with zero attached hydrogens (tertiary/aromatic N) is 2. The second-order valence-corrected chi connectivity index (χ2v) is 6.98. The Morgan fingerprint density at radius 1 is 1.04 bits per heavy atom. The van der Waals surface area contributed by atoms with Gasteiger partial charge in [-0.1, -0.05) is 47.5 Å². The lowest BCUT2D eigenvalue weighted by molar-refractivity contribution is 0.0982. The molecule has 1 amide bonds. The van der Waals surface area contributed by atoms with E-state index in [1.807, 2.05) is 18.2 Å². The third-order valence-corrected chi connectivity index (χ3v) is 5.28. The molecule has 1 aliphatic rings. The van der Waals surface area contributed by atoms with Gasteiger partial charge in [0.1, 0.15) is 16.3 Å². The Kier molecular flexibility index (Phi) is 5.01. The number of rotatable bonds is 3. The molecule has 1 aliphatic heterocycles. The summed E-state index contributed by atoms with van der Waals surface area (Å²) in [7, 11) is 0. The highest BCUT2D eigenvalue weighted by Crippen LogP contribution is 2.36. The van der Waals surface area contributed by atoms with E-state index in [1.165, 1.54) is 5.56 Å². The first kappa shape index (κ1) is 17.8. The fourth-order valence-electron chi connectivity index (χ4n) is 3.19. The highest BCUT2D eigenvalue weighted by molar-refractivity contribution is 6.42. The molecule has 0 bridgehead atoms. The molecule has 0 N–H and O–H groups in total. The van der Waals surface area contributed by atoms with E-state index >= 15 is 0 Å². The maximum atomic E-state index is 13.3. The minimum Gasteiger partial charge on any atom is -0.437 e. The van der Waals surface area contributed by atoms with Gasteiger partial charge in [0.2, 0.25) is 5.88 Å². The Morgan fingerprint density at radius 2 is 1.89 bits per heavy atom. The molecule has 0 spiro atoms. The van der Waals surface area contributed by atoms with Gasteiger partial charge in [0.15, 0.2) is 0 Å². The Hall–Kier alpha value is -2.56. The van der Waals surface area contributed by atoms with E-state index in [2.05, 4.69) is 11.1 Å². The van der Waals surface area contributed by atoms with E-state index in [4.69, 9.17) is 27.9 Å². The number of amides is 1. The van der Waals surface area contributed by atoms with Crippen LogP contribution in [0.3, 0.4) is 0 Å². The number of carbonyl (C=O) groups is 1. The number of benzene rings is 2. The summed E-state index contributed by atoms with van der Waals surface area (Å²) >= 11 is 12.3. The quantitative estimate of drug-likeness (QED) is 0.561. The summed E-state index contributed by atoms with van der Waals surface area (Å²) in [5.41, 5.74) is 2.48. The molecule has 0 atom stereocenters. The minimum atomic E-state index is -0.150. The van der Waals surface area contributed by atoms with E-state index in [1.54, 1.807) is 41.4 Å². The van der Waals surface area contributed by atoms with Crippen molar-refractivity contribution in [2.75, 3.05) is 11.4 Å². The van der Waals surface area contributed by atoms with E-state index in [0.29, 0.717) is 22.9 Å². The van der Waals surface area contributed by atoms with Crippen LogP contribution in [0.4, 0.5) is 5.69 Å². The molecule has 4 nitrogen and oxygen atoms in total. The Labute approximate surface area is 167 Å². The van der Waals surface area contributed by atoms with Crippen LogP contribution in [0.1, 0.15) is 22.3 Å². The SMILES string of the molecule is O=C(c1cccnc1Oc1cccc(Cl)c1Cl)N1CCCc2ccccc21. The first-order valence-corrected chi connectivity index (χ1v) is 9.37. The fraction of sp³-hybridized carbons (Fsp3) is 0.143. The number of hydrogen-bond acceptors (Lipinski definition) is 3. The standard InChI is InChI=1S/C21H16Cl2N2O2/c22-16-9-3-11-18(19(16)23)27-20-15(8-4-12-24-20)21(26)25-13-5-7-14-6-1-2-10-17(14)25/h1-4,6,8-12H,5,7,13H2. The van der Waals surface area contributed by atoms with Gasteiger partial charge < -0.3 is 9.64 Å². The van der Waals surface area contributed by atoms with E-state index in [9.17, 15) is 4.79 Å². The molecule has 0 fully saturated rings. The third-order valence-electron chi connectivity index (χ3n) is 4.48. The van der Waals surface area contributed by atoms with Crippen molar-refractivity contribution in [3.8, 4) is 11.6 Å². The second kappa shape index (κ2) is 7.59. The molecule has 2 aromatic carbocycles. The molecule has 0 saturated carbocycles. The van der Waals surface area contributed by atoms with Crippen LogP contribution >= 0.6 is 23.2 Å². The summed E-state index contributed by atoms with van der Waals surface area (Å²) in [5.74, 6) is 0.411. The van der Waals surface area contributed by atoms with Crippen molar-refractivity contribution in [2.45, 2.75) is 12.8 Å². The molecule has 0 saturated heterocycles. The van der Waals surface area contributed by atoms with Gasteiger partial charge in [-0.05, 0) is 48.7 Å². The predicted molar refractivity (Wildman–Crippen MR) is 107 cm³/mol. The first-order valence-electron chi connectivity index (χ1n) is 8.62. The largest absolute Gasteiger partial charge is 0.437 e. The molecule has 3 aromatic rings. The molecule has 0 radical (unpaired) electrons. The van der Waals surface area contributed by atoms with Crippen LogP contribution in [0, 0.1) is 0 Å². The zero-order valence-electron chi connectivity index (χ0n) is 14.4. The van der Waals surface area contributed by atoms with Crippen molar-refractivity contribution in [1.82, 2.24) is 4.98 Å². The van der Waals surface area contributed by atoms with E-state index in [-0.39, 0.29) is 16.8 Å². The number of hydrogen-bond donors (Lipinski definition) is 0. The fourth-order valence-corrected chi connectivity index (χ4v) is 3.52. The summed E-state index contributed by atoms with van der Waals surface area (Å²) in [6.07, 6.45) is 3.46. The molecular weight excluding hydrogens is 383 g/mol. The number of anilines is 1. The highest BCUT2D eigenvalue weighted by atomic mass is 35.5. The lowest BCUT2D eigenvalue weighted by Gasteiger charge is -2.29. The topological polar surface area (TPSA) is 42.4 Å². The Morgan fingerprint density at radius 3 is 2.78 bits per heavy atom. The van der Waals surface area contributed by atoms with Crippen molar-refractivity contribution < 1.29 is 9.53 Å². The summed E-state index contributed by atoms with van der Waals surface area (Å²) in [6.45, 7) is 0.655. The maximum absolute atomic E-state index is 13.3. The van der Waals surface area contributed by atoms with Crippen molar-refractivity contribution >= 4 is 34.8 Å². The monoisotopic (exact) mass is 398 g/mol. The number of ether oxygens (including phenoxy) is 1. The summed E-state index contributed by atoms with van der Waals surface area (Å²) < 4.78 is 5.85.